The van der Waals surface area contributed by atoms with Crippen molar-refractivity contribution in [3.8, 4) is 22.3 Å². The monoisotopic (exact) mass is 325 g/mol. The Labute approximate surface area is 149 Å². The Morgan fingerprint density at radius 1 is 0.640 bits per heavy atom. The molecule has 0 heterocycles. The average Bonchev–Trinajstić information content (AvgIpc) is 2.93. The van der Waals surface area contributed by atoms with Gasteiger partial charge in [0.2, 0.25) is 0 Å². The van der Waals surface area contributed by atoms with Crippen LogP contribution in [0.4, 0.5) is 5.69 Å². The van der Waals surface area contributed by atoms with E-state index in [9.17, 15) is 0 Å². The first-order valence-electron chi connectivity index (χ1n) is 9.38. The third-order valence-electron chi connectivity index (χ3n) is 6.22. The van der Waals surface area contributed by atoms with E-state index in [1.54, 1.807) is 11.1 Å². The van der Waals surface area contributed by atoms with Gasteiger partial charge in [-0.3, -0.25) is 0 Å². The molecule has 2 aliphatic carbocycles. The molecular weight excluding hydrogens is 302 g/mol. The Bertz CT molecular complexity index is 931. The molecule has 0 aliphatic heterocycles. The summed E-state index contributed by atoms with van der Waals surface area (Å²) in [6.45, 7) is 0. The number of nitrogens with two attached hydrogens (primary N) is 1. The molecule has 1 nitrogen and oxygen atoms in total. The van der Waals surface area contributed by atoms with Gasteiger partial charge in [-0.1, -0.05) is 67.8 Å². The lowest BCUT2D eigenvalue weighted by Crippen LogP contribution is -2.27. The van der Waals surface area contributed by atoms with E-state index in [-0.39, 0.29) is 5.41 Å². The molecule has 1 saturated carbocycles. The number of hydrogen-bond acceptors (Lipinski definition) is 1. The minimum Gasteiger partial charge on any atom is -0.399 e. The number of fused-ring (bicyclic) bond motifs is 5. The van der Waals surface area contributed by atoms with E-state index in [1.165, 1.54) is 54.4 Å². The van der Waals surface area contributed by atoms with Crippen LogP contribution in [0.3, 0.4) is 0 Å². The van der Waals surface area contributed by atoms with Crippen LogP contribution in [0.1, 0.15) is 43.2 Å². The summed E-state index contributed by atoms with van der Waals surface area (Å²) in [5.74, 6) is 0. The predicted molar refractivity (Wildman–Crippen MR) is 106 cm³/mol. The molecular formula is C24H23N. The summed E-state index contributed by atoms with van der Waals surface area (Å²) < 4.78 is 0. The molecule has 0 bridgehead atoms. The molecule has 0 atom stereocenters. The quantitative estimate of drug-likeness (QED) is 0.532. The van der Waals surface area contributed by atoms with E-state index < -0.39 is 0 Å². The van der Waals surface area contributed by atoms with E-state index in [1.807, 2.05) is 12.1 Å². The molecule has 124 valence electrons. The fourth-order valence-corrected chi connectivity index (χ4v) is 5.01. The maximum Gasteiger partial charge on any atom is 0.0314 e. The Morgan fingerprint density at radius 3 is 2.12 bits per heavy atom. The summed E-state index contributed by atoms with van der Waals surface area (Å²) in [7, 11) is 0. The molecule has 1 heteroatoms. The van der Waals surface area contributed by atoms with Crippen LogP contribution in [0, 0.1) is 0 Å². The molecule has 1 fully saturated rings. The van der Waals surface area contributed by atoms with Crippen molar-refractivity contribution >= 4 is 5.69 Å². The predicted octanol–water partition coefficient (Wildman–Crippen LogP) is 6.17. The Morgan fingerprint density at radius 2 is 1.32 bits per heavy atom. The zero-order chi connectivity index (χ0) is 16.9. The topological polar surface area (TPSA) is 26.0 Å². The molecule has 3 aromatic rings. The average molecular weight is 325 g/mol. The highest BCUT2D eigenvalue weighted by molar-refractivity contribution is 5.85. The van der Waals surface area contributed by atoms with Crippen LogP contribution in [-0.4, -0.2) is 0 Å². The molecule has 0 radical (unpaired) electrons. The first kappa shape index (κ1) is 14.8. The van der Waals surface area contributed by atoms with Gasteiger partial charge in [0.05, 0.1) is 0 Å². The number of nitrogen functional groups attached to an aromatic ring is 1. The first-order valence-corrected chi connectivity index (χ1v) is 9.38. The van der Waals surface area contributed by atoms with Gasteiger partial charge in [0.15, 0.2) is 0 Å². The number of benzene rings is 3. The van der Waals surface area contributed by atoms with Crippen molar-refractivity contribution in [1.29, 1.82) is 0 Å². The minimum absolute atomic E-state index is 0.254. The van der Waals surface area contributed by atoms with Crippen molar-refractivity contribution in [2.45, 2.75) is 37.5 Å². The largest absolute Gasteiger partial charge is 0.399 e. The van der Waals surface area contributed by atoms with Crippen LogP contribution in [0.5, 0.6) is 0 Å². The molecule has 0 amide bonds. The lowest BCUT2D eigenvalue weighted by atomic mass is 9.68. The second-order valence-corrected chi connectivity index (χ2v) is 7.57. The molecule has 2 N–H and O–H groups in total. The molecule has 3 aromatic carbocycles. The van der Waals surface area contributed by atoms with Gasteiger partial charge in [-0.2, -0.15) is 0 Å². The van der Waals surface area contributed by atoms with E-state index in [0.717, 1.165) is 5.69 Å². The van der Waals surface area contributed by atoms with Gasteiger partial charge >= 0.3 is 0 Å². The molecule has 2 aliphatic rings. The third kappa shape index (κ3) is 2.15. The summed E-state index contributed by atoms with van der Waals surface area (Å²) in [6, 6.07) is 24.4. The highest BCUT2D eigenvalue weighted by Crippen LogP contribution is 2.56. The zero-order valence-corrected chi connectivity index (χ0v) is 14.5. The molecule has 0 aromatic heterocycles. The first-order chi connectivity index (χ1) is 12.3. The van der Waals surface area contributed by atoms with Gasteiger partial charge < -0.3 is 5.73 Å². The molecule has 0 saturated heterocycles. The van der Waals surface area contributed by atoms with E-state index in [4.69, 9.17) is 5.73 Å². The Balaban J connectivity index is 1.70. The van der Waals surface area contributed by atoms with Gasteiger partial charge in [-0.05, 0) is 64.4 Å². The van der Waals surface area contributed by atoms with Crippen molar-refractivity contribution in [2.75, 3.05) is 5.73 Å². The summed E-state index contributed by atoms with van der Waals surface area (Å²) >= 11 is 0. The number of rotatable bonds is 1. The Kier molecular flexibility index (Phi) is 3.24. The summed E-state index contributed by atoms with van der Waals surface area (Å²) in [6.07, 6.45) is 6.64. The summed E-state index contributed by atoms with van der Waals surface area (Å²) in [5.41, 5.74) is 15.4. The van der Waals surface area contributed by atoms with Crippen LogP contribution in [-0.2, 0) is 5.41 Å². The summed E-state index contributed by atoms with van der Waals surface area (Å²) in [5, 5.41) is 0. The second kappa shape index (κ2) is 5.49. The van der Waals surface area contributed by atoms with Crippen LogP contribution in [0.15, 0.2) is 66.7 Å². The zero-order valence-electron chi connectivity index (χ0n) is 14.5. The molecule has 1 spiro atoms. The van der Waals surface area contributed by atoms with Crippen molar-refractivity contribution in [1.82, 2.24) is 0 Å². The lowest BCUT2D eigenvalue weighted by molar-refractivity contribution is 0.353. The van der Waals surface area contributed by atoms with E-state index in [0.29, 0.717) is 0 Å². The van der Waals surface area contributed by atoms with E-state index >= 15 is 0 Å². The normalized spacial score (nSPS) is 17.3. The van der Waals surface area contributed by atoms with Crippen LogP contribution in [0.2, 0.25) is 0 Å². The maximum atomic E-state index is 5.85. The number of anilines is 1. The van der Waals surface area contributed by atoms with Crippen LogP contribution in [0.25, 0.3) is 22.3 Å². The molecule has 25 heavy (non-hydrogen) atoms. The van der Waals surface area contributed by atoms with Gasteiger partial charge in [0, 0.05) is 11.1 Å². The number of hydrogen-bond donors (Lipinski definition) is 1. The summed E-state index contributed by atoms with van der Waals surface area (Å²) in [4.78, 5) is 0. The highest BCUT2D eigenvalue weighted by Gasteiger charge is 2.43. The third-order valence-corrected chi connectivity index (χ3v) is 6.22. The van der Waals surface area contributed by atoms with Crippen molar-refractivity contribution in [2.24, 2.45) is 0 Å². The minimum atomic E-state index is 0.254. The van der Waals surface area contributed by atoms with Crippen LogP contribution < -0.4 is 5.73 Å². The Hall–Kier alpha value is -2.54. The fraction of sp³-hybridized carbons (Fsp3) is 0.250. The van der Waals surface area contributed by atoms with Crippen molar-refractivity contribution in [3.63, 3.8) is 0 Å². The van der Waals surface area contributed by atoms with Crippen LogP contribution >= 0.6 is 0 Å². The van der Waals surface area contributed by atoms with Crippen molar-refractivity contribution in [3.05, 3.63) is 77.9 Å². The maximum absolute atomic E-state index is 5.85. The molecule has 0 unspecified atom stereocenters. The highest BCUT2D eigenvalue weighted by atomic mass is 14.5. The lowest BCUT2D eigenvalue weighted by Gasteiger charge is -2.36. The standard InChI is InChI=1S/C24H23N/c25-19-11-8-17(9-12-19)18-10-13-23-21(16-18)20-6-2-3-7-22(20)24(23)14-4-1-5-15-24/h2-3,6-13,16H,1,4-5,14-15,25H2. The van der Waals surface area contributed by atoms with Gasteiger partial charge in [-0.15, -0.1) is 0 Å². The molecule has 5 rings (SSSR count). The smallest absolute Gasteiger partial charge is 0.0314 e. The SMILES string of the molecule is Nc1ccc(-c2ccc3c(c2)-c2ccccc2C32CCCCC2)cc1. The van der Waals surface area contributed by atoms with Gasteiger partial charge in [0.25, 0.3) is 0 Å². The van der Waals surface area contributed by atoms with Gasteiger partial charge in [-0.25, -0.2) is 0 Å². The van der Waals surface area contributed by atoms with E-state index in [2.05, 4.69) is 54.6 Å². The fourth-order valence-electron chi connectivity index (χ4n) is 5.01. The second-order valence-electron chi connectivity index (χ2n) is 7.57. The van der Waals surface area contributed by atoms with Gasteiger partial charge in [0.1, 0.15) is 0 Å². The van der Waals surface area contributed by atoms with Crippen molar-refractivity contribution < 1.29 is 0 Å².